The van der Waals surface area contributed by atoms with Crippen molar-refractivity contribution in [2.75, 3.05) is 4.90 Å². The number of thiophene rings is 1. The van der Waals surface area contributed by atoms with Crippen LogP contribution >= 0.6 is 11.3 Å². The molecule has 0 aliphatic rings. The van der Waals surface area contributed by atoms with Crippen LogP contribution in [0.5, 0.6) is 0 Å². The van der Waals surface area contributed by atoms with E-state index in [1.54, 1.807) is 0 Å². The molecule has 0 saturated heterocycles. The van der Waals surface area contributed by atoms with Crippen molar-refractivity contribution in [1.82, 2.24) is 0 Å². The third-order valence-electron chi connectivity index (χ3n) is 9.80. The molecule has 0 atom stereocenters. The Morgan fingerprint density at radius 3 is 1.62 bits per heavy atom. The maximum absolute atomic E-state index is 2.50. The van der Waals surface area contributed by atoms with E-state index in [9.17, 15) is 0 Å². The molecule has 48 heavy (non-hydrogen) atoms. The lowest BCUT2D eigenvalue weighted by Crippen LogP contribution is -2.11. The fraction of sp³-hybridized carbons (Fsp3) is 0. The summed E-state index contributed by atoms with van der Waals surface area (Å²) in [5, 5.41) is 12.8. The summed E-state index contributed by atoms with van der Waals surface area (Å²) in [6.45, 7) is 0. The van der Waals surface area contributed by atoms with Crippen molar-refractivity contribution in [3.8, 4) is 11.1 Å². The van der Waals surface area contributed by atoms with E-state index in [1.165, 1.54) is 85.8 Å². The van der Waals surface area contributed by atoms with E-state index in [1.807, 2.05) is 11.3 Å². The molecule has 10 aromatic rings. The van der Waals surface area contributed by atoms with Crippen molar-refractivity contribution in [1.29, 1.82) is 0 Å². The van der Waals surface area contributed by atoms with E-state index < -0.39 is 0 Å². The molecule has 0 saturated carbocycles. The zero-order valence-corrected chi connectivity index (χ0v) is 26.9. The predicted octanol–water partition coefficient (Wildman–Crippen LogP) is 13.8. The molecule has 0 aliphatic heterocycles. The lowest BCUT2D eigenvalue weighted by atomic mass is 9.94. The highest BCUT2D eigenvalue weighted by atomic mass is 32.1. The molecular weight excluding hydrogens is 599 g/mol. The lowest BCUT2D eigenvalue weighted by molar-refractivity contribution is 1.32. The van der Waals surface area contributed by atoms with Gasteiger partial charge in [0.2, 0.25) is 0 Å². The predicted molar refractivity (Wildman–Crippen MR) is 209 cm³/mol. The number of hydrogen-bond donors (Lipinski definition) is 0. The molecule has 0 spiro atoms. The fourth-order valence-corrected chi connectivity index (χ4v) is 8.80. The maximum Gasteiger partial charge on any atom is 0.0554 e. The summed E-state index contributed by atoms with van der Waals surface area (Å²) < 4.78 is 2.61. The molecule has 10 rings (SSSR count). The van der Waals surface area contributed by atoms with Crippen LogP contribution in [0.1, 0.15) is 0 Å². The summed E-state index contributed by atoms with van der Waals surface area (Å²) in [6.07, 6.45) is 0. The Hall–Kier alpha value is -5.96. The Kier molecular flexibility index (Phi) is 6.12. The third kappa shape index (κ3) is 4.17. The van der Waals surface area contributed by atoms with Gasteiger partial charge in [0.1, 0.15) is 0 Å². The van der Waals surface area contributed by atoms with Gasteiger partial charge in [-0.25, -0.2) is 0 Å². The lowest BCUT2D eigenvalue weighted by Gasteiger charge is -2.29. The molecule has 9 aromatic carbocycles. The Bertz CT molecular complexity index is 2830. The highest BCUT2D eigenvalue weighted by Gasteiger charge is 2.22. The second-order valence-electron chi connectivity index (χ2n) is 12.5. The molecule has 1 nitrogen and oxygen atoms in total. The van der Waals surface area contributed by atoms with Crippen LogP contribution in [0.25, 0.3) is 74.4 Å². The van der Waals surface area contributed by atoms with Gasteiger partial charge in [-0.3, -0.25) is 0 Å². The van der Waals surface area contributed by atoms with Crippen LogP contribution in [-0.4, -0.2) is 0 Å². The highest BCUT2D eigenvalue weighted by molar-refractivity contribution is 7.26. The second-order valence-corrected chi connectivity index (χ2v) is 13.6. The Labute approximate surface area is 282 Å². The number of rotatable bonds is 4. The van der Waals surface area contributed by atoms with Gasteiger partial charge in [-0.1, -0.05) is 146 Å². The van der Waals surface area contributed by atoms with Crippen molar-refractivity contribution >= 4 is 91.7 Å². The van der Waals surface area contributed by atoms with Crippen LogP contribution in [0.2, 0.25) is 0 Å². The molecule has 1 aromatic heterocycles. The quantitative estimate of drug-likeness (QED) is 0.176. The van der Waals surface area contributed by atoms with Gasteiger partial charge in [-0.15, -0.1) is 11.3 Å². The molecular formula is C46H29NS. The highest BCUT2D eigenvalue weighted by Crippen LogP contribution is 2.49. The van der Waals surface area contributed by atoms with Crippen LogP contribution in [0, 0.1) is 0 Å². The van der Waals surface area contributed by atoms with Gasteiger partial charge in [0.15, 0.2) is 0 Å². The molecule has 224 valence electrons. The van der Waals surface area contributed by atoms with Gasteiger partial charge in [0.25, 0.3) is 0 Å². The van der Waals surface area contributed by atoms with E-state index in [0.29, 0.717) is 0 Å². The first-order valence-electron chi connectivity index (χ1n) is 16.4. The zero-order chi connectivity index (χ0) is 31.6. The third-order valence-corrected chi connectivity index (χ3v) is 10.9. The molecule has 0 fully saturated rings. The summed E-state index contributed by atoms with van der Waals surface area (Å²) in [7, 11) is 0. The standard InChI is InChI=1S/C46H29NS/c1-2-12-30(13-3-1)31-24-26-34(27-25-31)47(42-29-44-46(39-19-9-7-17-37(39)42)40-20-10-11-21-43(40)48-44)41-28-33-23-22-32-14-4-5-15-35(32)45(33)38-18-8-6-16-36(38)41/h1-29H. The number of fused-ring (bicyclic) bond motifs is 10. The average molecular weight is 628 g/mol. The Balaban J connectivity index is 1.31. The van der Waals surface area contributed by atoms with Crippen LogP contribution in [0.4, 0.5) is 17.1 Å². The maximum atomic E-state index is 2.50. The molecule has 0 aliphatic carbocycles. The fourth-order valence-electron chi connectivity index (χ4n) is 7.64. The van der Waals surface area contributed by atoms with Crippen molar-refractivity contribution in [2.45, 2.75) is 0 Å². The minimum atomic E-state index is 1.13. The topological polar surface area (TPSA) is 3.24 Å². The molecule has 0 N–H and O–H groups in total. The van der Waals surface area contributed by atoms with Gasteiger partial charge < -0.3 is 4.90 Å². The molecule has 1 heterocycles. The zero-order valence-electron chi connectivity index (χ0n) is 26.1. The monoisotopic (exact) mass is 627 g/mol. The molecule has 0 bridgehead atoms. The smallest absolute Gasteiger partial charge is 0.0554 e. The van der Waals surface area contributed by atoms with Crippen molar-refractivity contribution < 1.29 is 0 Å². The Morgan fingerprint density at radius 2 is 0.875 bits per heavy atom. The van der Waals surface area contributed by atoms with Crippen molar-refractivity contribution in [2.24, 2.45) is 0 Å². The van der Waals surface area contributed by atoms with E-state index >= 15 is 0 Å². The van der Waals surface area contributed by atoms with E-state index in [0.717, 1.165) is 5.69 Å². The number of benzene rings is 9. The van der Waals surface area contributed by atoms with Gasteiger partial charge in [-0.2, -0.15) is 0 Å². The summed E-state index contributed by atoms with van der Waals surface area (Å²) in [5.41, 5.74) is 5.91. The van der Waals surface area contributed by atoms with Crippen molar-refractivity contribution in [3.63, 3.8) is 0 Å². The number of anilines is 3. The van der Waals surface area contributed by atoms with Crippen LogP contribution in [-0.2, 0) is 0 Å². The summed E-state index contributed by atoms with van der Waals surface area (Å²) in [5.74, 6) is 0. The van der Waals surface area contributed by atoms with E-state index in [4.69, 9.17) is 0 Å². The first-order chi connectivity index (χ1) is 23.8. The van der Waals surface area contributed by atoms with E-state index in [2.05, 4.69) is 181 Å². The normalized spacial score (nSPS) is 11.8. The van der Waals surface area contributed by atoms with Crippen LogP contribution in [0.15, 0.2) is 176 Å². The minimum absolute atomic E-state index is 1.13. The van der Waals surface area contributed by atoms with Gasteiger partial charge in [0.05, 0.1) is 11.4 Å². The van der Waals surface area contributed by atoms with Gasteiger partial charge in [0, 0.05) is 36.6 Å². The van der Waals surface area contributed by atoms with Gasteiger partial charge in [-0.05, 0) is 73.8 Å². The van der Waals surface area contributed by atoms with Gasteiger partial charge >= 0.3 is 0 Å². The minimum Gasteiger partial charge on any atom is -0.309 e. The first kappa shape index (κ1) is 27.2. The Morgan fingerprint density at radius 1 is 0.333 bits per heavy atom. The average Bonchev–Trinajstić information content (AvgIpc) is 3.54. The van der Waals surface area contributed by atoms with Crippen LogP contribution in [0.3, 0.4) is 0 Å². The molecule has 2 heteroatoms. The number of nitrogens with zero attached hydrogens (tertiary/aromatic N) is 1. The largest absolute Gasteiger partial charge is 0.309 e. The van der Waals surface area contributed by atoms with Crippen molar-refractivity contribution in [3.05, 3.63) is 176 Å². The second kappa shape index (κ2) is 10.8. The molecule has 0 amide bonds. The SMILES string of the molecule is c1ccc(-c2ccc(N(c3cc4ccc5ccccc5c4c4ccccc34)c3cc4sc5ccccc5c4c4ccccc34)cc2)cc1. The summed E-state index contributed by atoms with van der Waals surface area (Å²) in [6, 6.07) is 64.5. The molecule has 0 unspecified atom stereocenters. The summed E-state index contributed by atoms with van der Waals surface area (Å²) >= 11 is 1.88. The molecule has 0 radical (unpaired) electrons. The summed E-state index contributed by atoms with van der Waals surface area (Å²) in [4.78, 5) is 2.50. The van der Waals surface area contributed by atoms with Crippen LogP contribution < -0.4 is 4.90 Å². The van der Waals surface area contributed by atoms with E-state index in [-0.39, 0.29) is 0 Å². The first-order valence-corrected chi connectivity index (χ1v) is 17.3. The number of hydrogen-bond acceptors (Lipinski definition) is 2.